The third-order valence-electron chi connectivity index (χ3n) is 3.00. The van der Waals surface area contributed by atoms with Gasteiger partial charge in [0, 0.05) is 36.5 Å². The molecule has 0 aliphatic carbocycles. The number of aromatic nitrogens is 2. The lowest BCUT2D eigenvalue weighted by Crippen LogP contribution is -2.37. The SMILES string of the molecule is Cn1cc(/C=C/C(=O)Nc2ccc(Br)cc2)c(=O)n(C)c1=O. The molecule has 1 N–H and O–H groups in total. The van der Waals surface area contributed by atoms with Crippen molar-refractivity contribution in [1.82, 2.24) is 9.13 Å². The van der Waals surface area contributed by atoms with E-state index in [1.807, 2.05) is 12.1 Å². The van der Waals surface area contributed by atoms with Gasteiger partial charge in [-0.1, -0.05) is 15.9 Å². The highest BCUT2D eigenvalue weighted by Gasteiger charge is 2.04. The van der Waals surface area contributed by atoms with Crippen LogP contribution in [0.4, 0.5) is 5.69 Å². The molecular formula is C15H14BrN3O3. The van der Waals surface area contributed by atoms with E-state index in [4.69, 9.17) is 0 Å². The van der Waals surface area contributed by atoms with Crippen molar-refractivity contribution in [1.29, 1.82) is 0 Å². The van der Waals surface area contributed by atoms with Crippen molar-refractivity contribution in [2.75, 3.05) is 5.32 Å². The van der Waals surface area contributed by atoms with Crippen LogP contribution in [0.15, 0.2) is 50.6 Å². The summed E-state index contributed by atoms with van der Waals surface area (Å²) in [5, 5.41) is 2.68. The fourth-order valence-electron chi connectivity index (χ4n) is 1.83. The minimum Gasteiger partial charge on any atom is -0.323 e. The number of benzene rings is 1. The number of carbonyl (C=O) groups is 1. The standard InChI is InChI=1S/C15H14BrN3O3/c1-18-9-10(14(21)19(2)15(18)22)3-8-13(20)17-12-6-4-11(16)5-7-12/h3-9H,1-2H3,(H,17,20)/b8-3+. The van der Waals surface area contributed by atoms with Crippen LogP contribution in [0.1, 0.15) is 5.56 Å². The van der Waals surface area contributed by atoms with Gasteiger partial charge >= 0.3 is 5.69 Å². The molecule has 0 aliphatic rings. The molecule has 0 unspecified atom stereocenters. The Bertz CT molecular complexity index is 848. The fraction of sp³-hybridized carbons (Fsp3) is 0.133. The molecule has 0 spiro atoms. The highest BCUT2D eigenvalue weighted by molar-refractivity contribution is 9.10. The molecule has 1 aromatic heterocycles. The van der Waals surface area contributed by atoms with Gasteiger partial charge in [0.15, 0.2) is 0 Å². The lowest BCUT2D eigenvalue weighted by atomic mass is 10.3. The zero-order chi connectivity index (χ0) is 16.3. The Hall–Kier alpha value is -2.41. The summed E-state index contributed by atoms with van der Waals surface area (Å²) in [6, 6.07) is 7.12. The summed E-state index contributed by atoms with van der Waals surface area (Å²) in [6.07, 6.45) is 4.04. The van der Waals surface area contributed by atoms with Crippen LogP contribution >= 0.6 is 15.9 Å². The maximum absolute atomic E-state index is 11.9. The average Bonchev–Trinajstić information content (AvgIpc) is 2.50. The number of amides is 1. The monoisotopic (exact) mass is 363 g/mol. The Labute approximate surface area is 134 Å². The second kappa shape index (κ2) is 6.57. The molecule has 0 atom stereocenters. The van der Waals surface area contributed by atoms with E-state index in [-0.39, 0.29) is 11.5 Å². The van der Waals surface area contributed by atoms with Crippen molar-refractivity contribution >= 4 is 33.6 Å². The molecule has 1 amide bonds. The number of nitrogens with one attached hydrogen (secondary N) is 1. The molecule has 1 aromatic carbocycles. The number of hydrogen-bond acceptors (Lipinski definition) is 3. The van der Waals surface area contributed by atoms with Crippen LogP contribution in [-0.4, -0.2) is 15.0 Å². The zero-order valence-corrected chi connectivity index (χ0v) is 13.6. The van der Waals surface area contributed by atoms with E-state index in [1.165, 1.54) is 30.0 Å². The molecule has 0 aliphatic heterocycles. The van der Waals surface area contributed by atoms with Gasteiger partial charge < -0.3 is 9.88 Å². The molecule has 6 nitrogen and oxygen atoms in total. The molecule has 1 heterocycles. The van der Waals surface area contributed by atoms with Crippen LogP contribution in [-0.2, 0) is 18.9 Å². The lowest BCUT2D eigenvalue weighted by Gasteiger charge is -2.04. The maximum atomic E-state index is 11.9. The van der Waals surface area contributed by atoms with Crippen LogP contribution in [0.2, 0.25) is 0 Å². The summed E-state index contributed by atoms with van der Waals surface area (Å²) in [4.78, 5) is 35.3. The van der Waals surface area contributed by atoms with E-state index in [0.29, 0.717) is 5.69 Å². The lowest BCUT2D eigenvalue weighted by molar-refractivity contribution is -0.111. The largest absolute Gasteiger partial charge is 0.330 e. The van der Waals surface area contributed by atoms with Crippen LogP contribution in [0, 0.1) is 0 Å². The summed E-state index contributed by atoms with van der Waals surface area (Å²) >= 11 is 3.31. The van der Waals surface area contributed by atoms with E-state index in [9.17, 15) is 14.4 Å². The van der Waals surface area contributed by atoms with Crippen molar-refractivity contribution in [2.45, 2.75) is 0 Å². The highest BCUT2D eigenvalue weighted by atomic mass is 79.9. The number of hydrogen-bond donors (Lipinski definition) is 1. The number of carbonyl (C=O) groups excluding carboxylic acids is 1. The van der Waals surface area contributed by atoms with Crippen molar-refractivity contribution in [2.24, 2.45) is 14.1 Å². The van der Waals surface area contributed by atoms with Gasteiger partial charge in [-0.3, -0.25) is 14.2 Å². The molecule has 0 bridgehead atoms. The maximum Gasteiger partial charge on any atom is 0.330 e. The van der Waals surface area contributed by atoms with Crippen LogP contribution in [0.3, 0.4) is 0 Å². The van der Waals surface area contributed by atoms with Crippen LogP contribution in [0.25, 0.3) is 6.08 Å². The van der Waals surface area contributed by atoms with Crippen molar-refractivity contribution < 1.29 is 4.79 Å². The van der Waals surface area contributed by atoms with Gasteiger partial charge in [-0.05, 0) is 30.3 Å². The Balaban J connectivity index is 2.18. The predicted octanol–water partition coefficient (Wildman–Crippen LogP) is 1.50. The van der Waals surface area contributed by atoms with E-state index in [1.54, 1.807) is 19.2 Å². The first kappa shape index (κ1) is 16.0. The van der Waals surface area contributed by atoms with E-state index < -0.39 is 11.2 Å². The van der Waals surface area contributed by atoms with Crippen molar-refractivity contribution in [3.63, 3.8) is 0 Å². The number of nitrogens with zero attached hydrogens (tertiary/aromatic N) is 2. The molecule has 2 rings (SSSR count). The quantitative estimate of drug-likeness (QED) is 0.839. The van der Waals surface area contributed by atoms with E-state index >= 15 is 0 Å². The number of aryl methyl sites for hydroxylation is 1. The molecule has 0 saturated heterocycles. The average molecular weight is 364 g/mol. The van der Waals surface area contributed by atoms with Gasteiger partial charge in [-0.2, -0.15) is 0 Å². The third-order valence-corrected chi connectivity index (χ3v) is 3.53. The van der Waals surface area contributed by atoms with Crippen LogP contribution in [0.5, 0.6) is 0 Å². The smallest absolute Gasteiger partial charge is 0.323 e. The van der Waals surface area contributed by atoms with Gasteiger partial charge in [-0.25, -0.2) is 4.79 Å². The minimum absolute atomic E-state index is 0.260. The molecule has 0 radical (unpaired) electrons. The highest BCUT2D eigenvalue weighted by Crippen LogP contribution is 2.14. The van der Waals surface area contributed by atoms with E-state index in [2.05, 4.69) is 21.2 Å². The Morgan fingerprint density at radius 1 is 1.18 bits per heavy atom. The van der Waals surface area contributed by atoms with Gasteiger partial charge in [0.1, 0.15) is 0 Å². The second-order valence-electron chi connectivity index (χ2n) is 4.67. The molecule has 114 valence electrons. The first-order chi connectivity index (χ1) is 10.4. The van der Waals surface area contributed by atoms with Gasteiger partial charge in [-0.15, -0.1) is 0 Å². The number of anilines is 1. The second-order valence-corrected chi connectivity index (χ2v) is 5.59. The molecule has 0 saturated carbocycles. The molecule has 0 fully saturated rings. The Morgan fingerprint density at radius 3 is 2.45 bits per heavy atom. The summed E-state index contributed by atoms with van der Waals surface area (Å²) in [5.41, 5.74) is 0.0408. The summed E-state index contributed by atoms with van der Waals surface area (Å²) < 4.78 is 3.19. The first-order valence-electron chi connectivity index (χ1n) is 6.40. The predicted molar refractivity (Wildman–Crippen MR) is 88.7 cm³/mol. The minimum atomic E-state index is -0.448. The van der Waals surface area contributed by atoms with Crippen molar-refractivity contribution in [3.8, 4) is 0 Å². The molecular weight excluding hydrogens is 350 g/mol. The van der Waals surface area contributed by atoms with Gasteiger partial charge in [0.25, 0.3) is 5.56 Å². The third kappa shape index (κ3) is 3.62. The van der Waals surface area contributed by atoms with Gasteiger partial charge in [0.05, 0.1) is 5.56 Å². The molecule has 2 aromatic rings. The molecule has 22 heavy (non-hydrogen) atoms. The molecule has 7 heteroatoms. The van der Waals surface area contributed by atoms with Gasteiger partial charge in [0.2, 0.25) is 5.91 Å². The number of rotatable bonds is 3. The van der Waals surface area contributed by atoms with Crippen LogP contribution < -0.4 is 16.6 Å². The van der Waals surface area contributed by atoms with Crippen molar-refractivity contribution in [3.05, 3.63) is 67.4 Å². The zero-order valence-electron chi connectivity index (χ0n) is 12.0. The Kier molecular flexibility index (Phi) is 4.77. The summed E-state index contributed by atoms with van der Waals surface area (Å²) in [6.45, 7) is 0. The summed E-state index contributed by atoms with van der Waals surface area (Å²) in [5.74, 6) is -0.363. The Morgan fingerprint density at radius 2 is 1.82 bits per heavy atom. The topological polar surface area (TPSA) is 73.1 Å². The van der Waals surface area contributed by atoms with E-state index in [0.717, 1.165) is 9.04 Å². The number of halogens is 1. The summed E-state index contributed by atoms with van der Waals surface area (Å²) in [7, 11) is 2.94. The first-order valence-corrected chi connectivity index (χ1v) is 7.19. The fourth-order valence-corrected chi connectivity index (χ4v) is 2.10. The normalized spacial score (nSPS) is 10.9.